The van der Waals surface area contributed by atoms with Crippen LogP contribution < -0.4 is 4.72 Å². The lowest BCUT2D eigenvalue weighted by atomic mass is 10.1. The van der Waals surface area contributed by atoms with Gasteiger partial charge in [-0.15, -0.1) is 0 Å². The number of sulfonamides is 1. The number of nitrogens with zero attached hydrogens (tertiary/aromatic N) is 1. The van der Waals surface area contributed by atoms with Crippen molar-refractivity contribution in [1.82, 2.24) is 9.62 Å². The average molecular weight is 368 g/mol. The minimum absolute atomic E-state index is 0.0667. The number of hydrogen-bond donors (Lipinski definition) is 1. The van der Waals surface area contributed by atoms with Crippen LogP contribution in [0.15, 0.2) is 35.2 Å². The molecule has 7 heteroatoms. The van der Waals surface area contributed by atoms with Gasteiger partial charge >= 0.3 is 5.97 Å². The first kappa shape index (κ1) is 19.9. The number of piperidine rings is 1. The van der Waals surface area contributed by atoms with Crippen LogP contribution in [0.5, 0.6) is 0 Å². The molecule has 0 atom stereocenters. The minimum atomic E-state index is -3.47. The summed E-state index contributed by atoms with van der Waals surface area (Å²) in [6, 6.07) is 8.35. The Morgan fingerprint density at radius 1 is 1.20 bits per heavy atom. The van der Waals surface area contributed by atoms with Gasteiger partial charge in [0.2, 0.25) is 10.0 Å². The Balaban J connectivity index is 1.76. The summed E-state index contributed by atoms with van der Waals surface area (Å²) in [5.41, 5.74) is -0.459. The van der Waals surface area contributed by atoms with E-state index in [2.05, 4.69) is 9.62 Å². The van der Waals surface area contributed by atoms with Gasteiger partial charge in [0.25, 0.3) is 0 Å². The number of esters is 1. The molecule has 25 heavy (non-hydrogen) atoms. The van der Waals surface area contributed by atoms with Gasteiger partial charge in [-0.05, 0) is 58.8 Å². The van der Waals surface area contributed by atoms with Crippen LogP contribution in [0, 0.1) is 0 Å². The second-order valence-electron chi connectivity index (χ2n) is 7.39. The average Bonchev–Trinajstić information content (AvgIpc) is 2.53. The van der Waals surface area contributed by atoms with Gasteiger partial charge in [-0.3, -0.25) is 4.79 Å². The fraction of sp³-hybridized carbons (Fsp3) is 0.611. The van der Waals surface area contributed by atoms with Crippen LogP contribution in [0.4, 0.5) is 0 Å². The third kappa shape index (κ3) is 6.76. The number of rotatable bonds is 6. The molecule has 0 saturated carbocycles. The molecule has 0 aliphatic carbocycles. The zero-order valence-electron chi connectivity index (χ0n) is 15.2. The van der Waals surface area contributed by atoms with Crippen LogP contribution in [0.25, 0.3) is 0 Å². The molecule has 0 aromatic heterocycles. The van der Waals surface area contributed by atoms with Crippen molar-refractivity contribution in [2.75, 3.05) is 19.6 Å². The summed E-state index contributed by atoms with van der Waals surface area (Å²) >= 11 is 0. The van der Waals surface area contributed by atoms with Gasteiger partial charge < -0.3 is 9.64 Å². The van der Waals surface area contributed by atoms with Crippen LogP contribution in [0.2, 0.25) is 0 Å². The second kappa shape index (κ2) is 8.29. The highest BCUT2D eigenvalue weighted by atomic mass is 32.2. The number of carbonyl (C=O) groups excluding carboxylic acids is 1. The van der Waals surface area contributed by atoms with Gasteiger partial charge in [0, 0.05) is 12.6 Å². The summed E-state index contributed by atoms with van der Waals surface area (Å²) in [5.74, 6) is -0.195. The molecule has 1 heterocycles. The number of hydrogen-bond acceptors (Lipinski definition) is 5. The van der Waals surface area contributed by atoms with E-state index in [0.29, 0.717) is 17.9 Å². The van der Waals surface area contributed by atoms with Crippen LogP contribution in [-0.4, -0.2) is 50.6 Å². The molecule has 0 amide bonds. The summed E-state index contributed by atoms with van der Waals surface area (Å²) in [6.45, 7) is 7.75. The SMILES string of the molecule is CC(C)(C)OC(=O)CCN1CCC(NS(=O)(=O)c2ccccc2)CC1. The van der Waals surface area contributed by atoms with E-state index in [1.165, 1.54) is 0 Å². The molecule has 6 nitrogen and oxygen atoms in total. The summed E-state index contributed by atoms with van der Waals surface area (Å²) in [6.07, 6.45) is 1.83. The molecule has 0 spiro atoms. The first-order valence-electron chi connectivity index (χ1n) is 8.67. The van der Waals surface area contributed by atoms with Crippen molar-refractivity contribution >= 4 is 16.0 Å². The summed E-state index contributed by atoms with van der Waals surface area (Å²) < 4.78 is 32.8. The Morgan fingerprint density at radius 2 is 1.80 bits per heavy atom. The normalized spacial score (nSPS) is 17.4. The van der Waals surface area contributed by atoms with Crippen molar-refractivity contribution in [3.05, 3.63) is 30.3 Å². The number of carbonyl (C=O) groups is 1. The summed E-state index contributed by atoms with van der Waals surface area (Å²) in [4.78, 5) is 14.2. The Hall–Kier alpha value is -1.44. The highest BCUT2D eigenvalue weighted by molar-refractivity contribution is 7.89. The van der Waals surface area contributed by atoms with Gasteiger partial charge in [-0.25, -0.2) is 13.1 Å². The highest BCUT2D eigenvalue weighted by Gasteiger charge is 2.25. The number of ether oxygens (including phenoxy) is 1. The van der Waals surface area contributed by atoms with Gasteiger partial charge in [0.15, 0.2) is 0 Å². The molecule has 2 rings (SSSR count). The topological polar surface area (TPSA) is 75.7 Å². The molecule has 1 aliphatic heterocycles. The van der Waals surface area contributed by atoms with Crippen LogP contribution in [-0.2, 0) is 19.6 Å². The Morgan fingerprint density at radius 3 is 2.36 bits per heavy atom. The van der Waals surface area contributed by atoms with Crippen molar-refractivity contribution in [2.24, 2.45) is 0 Å². The molecule has 0 radical (unpaired) electrons. The Bertz CT molecular complexity index is 660. The van der Waals surface area contributed by atoms with Crippen molar-refractivity contribution < 1.29 is 17.9 Å². The molecular weight excluding hydrogens is 340 g/mol. The van der Waals surface area contributed by atoms with Crippen molar-refractivity contribution in [3.8, 4) is 0 Å². The van der Waals surface area contributed by atoms with Crippen LogP contribution >= 0.6 is 0 Å². The second-order valence-corrected chi connectivity index (χ2v) is 9.10. The summed E-state index contributed by atoms with van der Waals surface area (Å²) in [7, 11) is -3.47. The molecular formula is C18H28N2O4S. The molecule has 0 bridgehead atoms. The Kier molecular flexibility index (Phi) is 6.59. The van der Waals surface area contributed by atoms with E-state index in [1.54, 1.807) is 30.3 Å². The minimum Gasteiger partial charge on any atom is -0.460 e. The van der Waals surface area contributed by atoms with Crippen molar-refractivity contribution in [3.63, 3.8) is 0 Å². The first-order valence-corrected chi connectivity index (χ1v) is 10.2. The van der Waals surface area contributed by atoms with Gasteiger partial charge in [0.1, 0.15) is 5.60 Å². The third-order valence-electron chi connectivity index (χ3n) is 4.02. The maximum Gasteiger partial charge on any atom is 0.307 e. The fourth-order valence-electron chi connectivity index (χ4n) is 2.80. The van der Waals surface area contributed by atoms with Crippen LogP contribution in [0.3, 0.4) is 0 Å². The van der Waals surface area contributed by atoms with Gasteiger partial charge in [-0.1, -0.05) is 18.2 Å². The predicted molar refractivity (Wildman–Crippen MR) is 96.7 cm³/mol. The zero-order valence-corrected chi connectivity index (χ0v) is 16.0. The Labute approximate surface area is 150 Å². The maximum atomic E-state index is 12.3. The van der Waals surface area contributed by atoms with E-state index in [4.69, 9.17) is 4.74 Å². The van der Waals surface area contributed by atoms with E-state index >= 15 is 0 Å². The van der Waals surface area contributed by atoms with E-state index < -0.39 is 15.6 Å². The zero-order chi connectivity index (χ0) is 18.5. The van der Waals surface area contributed by atoms with Gasteiger partial charge in [0.05, 0.1) is 11.3 Å². The lowest BCUT2D eigenvalue weighted by Gasteiger charge is -2.32. The molecule has 140 valence electrons. The molecule has 1 fully saturated rings. The van der Waals surface area contributed by atoms with Crippen LogP contribution in [0.1, 0.15) is 40.0 Å². The highest BCUT2D eigenvalue weighted by Crippen LogP contribution is 2.15. The van der Waals surface area contributed by atoms with E-state index in [-0.39, 0.29) is 12.0 Å². The molecule has 1 aromatic rings. The smallest absolute Gasteiger partial charge is 0.307 e. The maximum absolute atomic E-state index is 12.3. The molecule has 1 aliphatic rings. The number of benzene rings is 1. The number of nitrogens with one attached hydrogen (secondary N) is 1. The quantitative estimate of drug-likeness (QED) is 0.779. The van der Waals surface area contributed by atoms with E-state index in [0.717, 1.165) is 25.9 Å². The standard InChI is InChI=1S/C18H28N2O4S/c1-18(2,3)24-17(21)11-14-20-12-9-15(10-13-20)19-25(22,23)16-7-5-4-6-8-16/h4-8,15,19H,9-14H2,1-3H3. The van der Waals surface area contributed by atoms with Crippen molar-refractivity contribution in [1.29, 1.82) is 0 Å². The largest absolute Gasteiger partial charge is 0.460 e. The first-order chi connectivity index (χ1) is 11.7. The monoisotopic (exact) mass is 368 g/mol. The van der Waals surface area contributed by atoms with E-state index in [9.17, 15) is 13.2 Å². The summed E-state index contributed by atoms with van der Waals surface area (Å²) in [5, 5.41) is 0. The number of likely N-dealkylation sites (tertiary alicyclic amines) is 1. The molecule has 1 aromatic carbocycles. The predicted octanol–water partition coefficient (Wildman–Crippen LogP) is 2.16. The van der Waals surface area contributed by atoms with E-state index in [1.807, 2.05) is 20.8 Å². The van der Waals surface area contributed by atoms with Gasteiger partial charge in [-0.2, -0.15) is 0 Å². The fourth-order valence-corrected chi connectivity index (χ4v) is 4.13. The lowest BCUT2D eigenvalue weighted by Crippen LogP contribution is -2.45. The molecule has 1 saturated heterocycles. The third-order valence-corrected chi connectivity index (χ3v) is 5.55. The molecule has 0 unspecified atom stereocenters. The van der Waals surface area contributed by atoms with Crippen molar-refractivity contribution in [2.45, 2.75) is 56.6 Å². The lowest BCUT2D eigenvalue weighted by molar-refractivity contribution is -0.155. The molecule has 1 N–H and O–H groups in total.